The van der Waals surface area contributed by atoms with Crippen molar-refractivity contribution in [3.63, 3.8) is 0 Å². The van der Waals surface area contributed by atoms with Crippen LogP contribution in [-0.4, -0.2) is 8.68 Å². The molecule has 0 N–H and O–H groups in total. The summed E-state index contributed by atoms with van der Waals surface area (Å²) >= 11 is 0. The minimum absolute atomic E-state index is 0.622. The van der Waals surface area contributed by atoms with Crippen molar-refractivity contribution in [1.29, 1.82) is 0 Å². The monoisotopic (exact) mass is 296 g/mol. The Morgan fingerprint density at radius 1 is 0.571 bits per heavy atom. The summed E-state index contributed by atoms with van der Waals surface area (Å²) < 4.78 is 4.95. The molecule has 0 amide bonds. The lowest BCUT2D eigenvalue weighted by atomic mass is 10.4. The van der Waals surface area contributed by atoms with Crippen molar-refractivity contribution in [3.8, 4) is 0 Å². The summed E-state index contributed by atoms with van der Waals surface area (Å²) in [6.07, 6.45) is 0. The highest BCUT2D eigenvalue weighted by molar-refractivity contribution is 7.62. The Morgan fingerprint density at radius 2 is 0.952 bits per heavy atom. The van der Waals surface area contributed by atoms with Crippen molar-refractivity contribution in [3.05, 3.63) is 77.4 Å². The van der Waals surface area contributed by atoms with E-state index in [0.717, 1.165) is 0 Å². The topological polar surface area (TPSA) is 9.86 Å². The highest BCUT2D eigenvalue weighted by Crippen LogP contribution is 2.43. The molecule has 0 atom stereocenters. The van der Waals surface area contributed by atoms with Gasteiger partial charge in [0.25, 0.3) is 0 Å². The highest BCUT2D eigenvalue weighted by Gasteiger charge is 2.21. The summed E-state index contributed by atoms with van der Waals surface area (Å²) in [7, 11) is -0.622. The summed E-state index contributed by atoms with van der Waals surface area (Å²) in [5.74, 6) is 0. The first kappa shape index (κ1) is 14.2. The number of aromatic nitrogens is 2. The van der Waals surface area contributed by atoms with Crippen molar-refractivity contribution in [2.75, 3.05) is 0 Å². The minimum atomic E-state index is -0.622. The number of rotatable bonds is 3. The van der Waals surface area contributed by atoms with Gasteiger partial charge in [-0.3, -0.25) is 0 Å². The van der Waals surface area contributed by atoms with Gasteiger partial charge in [0.2, 0.25) is 0 Å². The molecule has 2 nitrogen and oxygen atoms in total. The zero-order valence-corrected chi connectivity index (χ0v) is 13.9. The summed E-state index contributed by atoms with van der Waals surface area (Å²) in [6.45, 7) is 8.78. The SMILES string of the molecule is Cc1ccc(C)n1P(c1ccccc1)n1c(C)ccc1C. The summed E-state index contributed by atoms with van der Waals surface area (Å²) in [6, 6.07) is 19.7. The lowest BCUT2D eigenvalue weighted by Gasteiger charge is -2.27. The van der Waals surface area contributed by atoms with Crippen LogP contribution in [0.3, 0.4) is 0 Å². The van der Waals surface area contributed by atoms with E-state index in [-0.39, 0.29) is 0 Å². The predicted molar refractivity (Wildman–Crippen MR) is 91.6 cm³/mol. The van der Waals surface area contributed by atoms with Gasteiger partial charge in [0.05, 0.1) is 0 Å². The van der Waals surface area contributed by atoms with Gasteiger partial charge >= 0.3 is 0 Å². The zero-order chi connectivity index (χ0) is 15.0. The Hall–Kier alpha value is -1.79. The molecule has 3 aromatic rings. The molecule has 0 aliphatic heterocycles. The number of nitrogens with zero attached hydrogens (tertiary/aromatic N) is 2. The van der Waals surface area contributed by atoms with Gasteiger partial charge in [0.1, 0.15) is 8.22 Å². The third kappa shape index (κ3) is 2.45. The predicted octanol–water partition coefficient (Wildman–Crippen LogP) is 4.56. The van der Waals surface area contributed by atoms with E-state index < -0.39 is 8.22 Å². The number of hydrogen-bond acceptors (Lipinski definition) is 0. The molecule has 0 aliphatic rings. The first-order valence-corrected chi connectivity index (χ1v) is 8.50. The smallest absolute Gasteiger partial charge is 0.137 e. The number of hydrogen-bond donors (Lipinski definition) is 0. The second-order valence-corrected chi connectivity index (χ2v) is 7.38. The van der Waals surface area contributed by atoms with Crippen LogP contribution in [-0.2, 0) is 0 Å². The largest absolute Gasteiger partial charge is 0.307 e. The molecule has 0 saturated heterocycles. The van der Waals surface area contributed by atoms with Crippen LogP contribution in [0.2, 0.25) is 0 Å². The molecule has 0 unspecified atom stereocenters. The van der Waals surface area contributed by atoms with Crippen molar-refractivity contribution < 1.29 is 0 Å². The average Bonchev–Trinajstić information content (AvgIpc) is 2.98. The molecule has 0 bridgehead atoms. The first-order chi connectivity index (χ1) is 10.1. The molecule has 1 aromatic carbocycles. The van der Waals surface area contributed by atoms with Gasteiger partial charge in [-0.1, -0.05) is 30.3 Å². The molecule has 0 fully saturated rings. The van der Waals surface area contributed by atoms with Crippen LogP contribution in [0.15, 0.2) is 54.6 Å². The van der Waals surface area contributed by atoms with E-state index >= 15 is 0 Å². The maximum absolute atomic E-state index is 2.48. The van der Waals surface area contributed by atoms with Crippen LogP contribution in [0.5, 0.6) is 0 Å². The van der Waals surface area contributed by atoms with E-state index in [2.05, 4.69) is 91.0 Å². The van der Waals surface area contributed by atoms with Gasteiger partial charge in [-0.15, -0.1) is 0 Å². The van der Waals surface area contributed by atoms with Crippen LogP contribution in [0.1, 0.15) is 22.8 Å². The normalized spacial score (nSPS) is 11.3. The van der Waals surface area contributed by atoms with Crippen LogP contribution in [0, 0.1) is 27.7 Å². The van der Waals surface area contributed by atoms with Gasteiger partial charge < -0.3 is 8.68 Å². The van der Waals surface area contributed by atoms with E-state index in [1.165, 1.54) is 28.1 Å². The van der Waals surface area contributed by atoms with Crippen LogP contribution < -0.4 is 5.30 Å². The highest BCUT2D eigenvalue weighted by atomic mass is 31.1. The first-order valence-electron chi connectivity index (χ1n) is 7.25. The fourth-order valence-corrected chi connectivity index (χ4v) is 5.34. The summed E-state index contributed by atoms with van der Waals surface area (Å²) in [4.78, 5) is 0. The van der Waals surface area contributed by atoms with Crippen molar-refractivity contribution >= 4 is 13.5 Å². The Bertz CT molecular complexity index is 668. The van der Waals surface area contributed by atoms with Gasteiger partial charge in [-0.2, -0.15) is 0 Å². The molecular weight excluding hydrogens is 275 g/mol. The van der Waals surface area contributed by atoms with E-state index in [1.54, 1.807) is 0 Å². The molecule has 0 radical (unpaired) electrons. The molecule has 3 heteroatoms. The van der Waals surface area contributed by atoms with Gasteiger partial charge in [-0.25, -0.2) is 0 Å². The summed E-state index contributed by atoms with van der Waals surface area (Å²) in [5.41, 5.74) is 5.26. The maximum atomic E-state index is 2.48. The molecule has 3 rings (SSSR count). The third-order valence-electron chi connectivity index (χ3n) is 3.83. The fourth-order valence-electron chi connectivity index (χ4n) is 2.80. The molecule has 2 aromatic heterocycles. The molecule has 0 aliphatic carbocycles. The maximum Gasteiger partial charge on any atom is 0.137 e. The fraction of sp³-hybridized carbons (Fsp3) is 0.222. The lowest BCUT2D eigenvalue weighted by Crippen LogP contribution is -2.16. The molecule has 108 valence electrons. The lowest BCUT2D eigenvalue weighted by molar-refractivity contribution is 1.01. The second-order valence-electron chi connectivity index (χ2n) is 5.48. The van der Waals surface area contributed by atoms with Crippen LogP contribution in [0.4, 0.5) is 0 Å². The van der Waals surface area contributed by atoms with Crippen molar-refractivity contribution in [1.82, 2.24) is 8.68 Å². The number of benzene rings is 1. The standard InChI is InChI=1S/C18H21N2P/c1-14-10-11-15(2)19(14)21(18-8-6-5-7-9-18)20-16(3)12-13-17(20)4/h5-13H,1-4H3. The third-order valence-corrected chi connectivity index (χ3v) is 6.61. The number of aryl methyl sites for hydroxylation is 4. The van der Waals surface area contributed by atoms with Crippen LogP contribution >= 0.6 is 8.22 Å². The van der Waals surface area contributed by atoms with Crippen molar-refractivity contribution in [2.45, 2.75) is 27.7 Å². The van der Waals surface area contributed by atoms with E-state index in [9.17, 15) is 0 Å². The zero-order valence-electron chi connectivity index (χ0n) is 13.0. The average molecular weight is 296 g/mol. The van der Waals surface area contributed by atoms with E-state index in [0.29, 0.717) is 0 Å². The Labute approximate surface area is 127 Å². The van der Waals surface area contributed by atoms with Gasteiger partial charge in [-0.05, 0) is 52.0 Å². The van der Waals surface area contributed by atoms with Crippen LogP contribution in [0.25, 0.3) is 0 Å². The molecular formula is C18H21N2P. The summed E-state index contributed by atoms with van der Waals surface area (Å²) in [5, 5.41) is 1.37. The van der Waals surface area contributed by atoms with Gasteiger partial charge in [0, 0.05) is 28.1 Å². The Kier molecular flexibility index (Phi) is 3.73. The van der Waals surface area contributed by atoms with E-state index in [1.807, 2.05) is 0 Å². The Balaban J connectivity index is 2.27. The molecule has 21 heavy (non-hydrogen) atoms. The Morgan fingerprint density at radius 3 is 1.33 bits per heavy atom. The molecule has 0 spiro atoms. The minimum Gasteiger partial charge on any atom is -0.307 e. The van der Waals surface area contributed by atoms with Crippen molar-refractivity contribution in [2.24, 2.45) is 0 Å². The quantitative estimate of drug-likeness (QED) is 0.627. The van der Waals surface area contributed by atoms with Gasteiger partial charge in [0.15, 0.2) is 0 Å². The van der Waals surface area contributed by atoms with E-state index in [4.69, 9.17) is 0 Å². The second kappa shape index (κ2) is 5.54. The molecule has 0 saturated carbocycles. The molecule has 2 heterocycles.